The second-order valence-electron chi connectivity index (χ2n) is 8.32. The van der Waals surface area contributed by atoms with Crippen LogP contribution in [0.25, 0.3) is 6.08 Å². The number of para-hydroxylation sites is 1. The Morgan fingerprint density at radius 3 is 2.48 bits per heavy atom. The van der Waals surface area contributed by atoms with Crippen LogP contribution in [0, 0.1) is 12.7 Å². The van der Waals surface area contributed by atoms with Crippen molar-refractivity contribution in [2.45, 2.75) is 25.8 Å². The van der Waals surface area contributed by atoms with E-state index >= 15 is 0 Å². The van der Waals surface area contributed by atoms with Gasteiger partial charge in [0, 0.05) is 51.0 Å². The predicted octanol–water partition coefficient (Wildman–Crippen LogP) is 4.43. The second-order valence-corrected chi connectivity index (χ2v) is 8.32. The number of benzene rings is 2. The third-order valence-corrected chi connectivity index (χ3v) is 6.31. The molecular formula is C25H32FN3. The minimum atomic E-state index is -0.177. The number of halogens is 1. The number of piperidine rings is 1. The summed E-state index contributed by atoms with van der Waals surface area (Å²) < 4.78 is 13.0. The molecule has 2 aliphatic heterocycles. The van der Waals surface area contributed by atoms with Crippen LogP contribution in [0.5, 0.6) is 0 Å². The summed E-state index contributed by atoms with van der Waals surface area (Å²) in [7, 11) is 0. The molecule has 0 bridgehead atoms. The smallest absolute Gasteiger partial charge is 0.123 e. The molecule has 4 rings (SSSR count). The van der Waals surface area contributed by atoms with Crippen LogP contribution < -0.4 is 4.90 Å². The maximum absolute atomic E-state index is 13.0. The van der Waals surface area contributed by atoms with Crippen LogP contribution in [-0.4, -0.2) is 61.7 Å². The van der Waals surface area contributed by atoms with Crippen LogP contribution in [-0.2, 0) is 0 Å². The van der Waals surface area contributed by atoms with Gasteiger partial charge in [-0.3, -0.25) is 9.80 Å². The Morgan fingerprint density at radius 2 is 1.72 bits per heavy atom. The number of rotatable bonds is 5. The van der Waals surface area contributed by atoms with E-state index in [1.807, 2.05) is 12.1 Å². The molecule has 0 N–H and O–H groups in total. The van der Waals surface area contributed by atoms with Crippen molar-refractivity contribution < 1.29 is 4.39 Å². The molecule has 1 unspecified atom stereocenters. The molecule has 0 amide bonds. The SMILES string of the molecule is Cc1ccccc1N1CCN(C2CCCN(CC=Cc3ccc(F)cc3)C2)CC1. The van der Waals surface area contributed by atoms with Gasteiger partial charge in [-0.25, -0.2) is 4.39 Å². The van der Waals surface area contributed by atoms with E-state index in [9.17, 15) is 4.39 Å². The van der Waals surface area contributed by atoms with Crippen molar-refractivity contribution in [1.29, 1.82) is 0 Å². The molecule has 154 valence electrons. The fourth-order valence-electron chi connectivity index (χ4n) is 4.65. The Morgan fingerprint density at radius 1 is 0.966 bits per heavy atom. The lowest BCUT2D eigenvalue weighted by atomic mass is 10.0. The quantitative estimate of drug-likeness (QED) is 0.744. The molecule has 2 saturated heterocycles. The first-order valence-electron chi connectivity index (χ1n) is 10.9. The number of likely N-dealkylation sites (tertiary alicyclic amines) is 1. The zero-order valence-corrected chi connectivity index (χ0v) is 17.4. The first-order valence-corrected chi connectivity index (χ1v) is 10.9. The summed E-state index contributed by atoms with van der Waals surface area (Å²) in [6.45, 7) is 10.0. The molecule has 1 atom stereocenters. The van der Waals surface area contributed by atoms with Crippen molar-refractivity contribution in [1.82, 2.24) is 9.80 Å². The summed E-state index contributed by atoms with van der Waals surface area (Å²) in [6, 6.07) is 16.1. The van der Waals surface area contributed by atoms with Gasteiger partial charge in [-0.1, -0.05) is 42.5 Å². The molecule has 29 heavy (non-hydrogen) atoms. The normalized spacial score (nSPS) is 21.7. The number of hydrogen-bond donors (Lipinski definition) is 0. The van der Waals surface area contributed by atoms with Crippen molar-refractivity contribution in [3.63, 3.8) is 0 Å². The molecule has 0 aromatic heterocycles. The highest BCUT2D eigenvalue weighted by Crippen LogP contribution is 2.23. The largest absolute Gasteiger partial charge is 0.369 e. The Labute approximate surface area is 174 Å². The van der Waals surface area contributed by atoms with Crippen LogP contribution in [0.4, 0.5) is 10.1 Å². The van der Waals surface area contributed by atoms with Gasteiger partial charge in [-0.2, -0.15) is 0 Å². The number of hydrogen-bond acceptors (Lipinski definition) is 3. The first kappa shape index (κ1) is 20.1. The lowest BCUT2D eigenvalue weighted by molar-refractivity contribution is 0.0991. The number of piperazine rings is 1. The lowest BCUT2D eigenvalue weighted by Gasteiger charge is -2.44. The minimum Gasteiger partial charge on any atom is -0.369 e. The molecule has 0 aliphatic carbocycles. The van der Waals surface area contributed by atoms with Crippen molar-refractivity contribution in [3.8, 4) is 0 Å². The zero-order valence-electron chi connectivity index (χ0n) is 17.4. The number of anilines is 1. The van der Waals surface area contributed by atoms with Crippen molar-refractivity contribution in [2.75, 3.05) is 50.7 Å². The van der Waals surface area contributed by atoms with Gasteiger partial charge < -0.3 is 4.90 Å². The monoisotopic (exact) mass is 393 g/mol. The Hall–Kier alpha value is -2.17. The van der Waals surface area contributed by atoms with Gasteiger partial charge in [0.2, 0.25) is 0 Å². The molecule has 3 nitrogen and oxygen atoms in total. The van der Waals surface area contributed by atoms with E-state index in [4.69, 9.17) is 0 Å². The standard InChI is InChI=1S/C25H32FN3/c1-21-6-2-3-9-25(21)29-18-16-28(17-19-29)24-8-5-15-27(20-24)14-4-7-22-10-12-23(26)13-11-22/h2-4,6-7,9-13,24H,5,8,14-20H2,1H3. The van der Waals surface area contributed by atoms with Crippen LogP contribution in [0.1, 0.15) is 24.0 Å². The third kappa shape index (κ3) is 5.26. The average molecular weight is 394 g/mol. The summed E-state index contributed by atoms with van der Waals surface area (Å²) in [5.74, 6) is -0.177. The molecule has 2 aromatic carbocycles. The first-order chi connectivity index (χ1) is 14.2. The van der Waals surface area contributed by atoms with Crippen molar-refractivity contribution >= 4 is 11.8 Å². The van der Waals surface area contributed by atoms with Crippen LogP contribution >= 0.6 is 0 Å². The topological polar surface area (TPSA) is 9.72 Å². The molecule has 2 fully saturated rings. The Bertz CT molecular complexity index is 809. The molecular weight excluding hydrogens is 361 g/mol. The zero-order chi connectivity index (χ0) is 20.1. The second kappa shape index (κ2) is 9.55. The van der Waals surface area contributed by atoms with Crippen LogP contribution in [0.2, 0.25) is 0 Å². The number of nitrogens with zero attached hydrogens (tertiary/aromatic N) is 3. The molecule has 0 radical (unpaired) electrons. The summed E-state index contributed by atoms with van der Waals surface area (Å²) in [4.78, 5) is 7.80. The molecule has 2 aromatic rings. The van der Waals surface area contributed by atoms with E-state index in [1.165, 1.54) is 42.8 Å². The van der Waals surface area contributed by atoms with Gasteiger partial charge in [0.15, 0.2) is 0 Å². The van der Waals surface area contributed by atoms with Gasteiger partial charge in [0.1, 0.15) is 5.82 Å². The van der Waals surface area contributed by atoms with Crippen molar-refractivity contribution in [3.05, 3.63) is 71.6 Å². The van der Waals surface area contributed by atoms with Gasteiger partial charge in [-0.15, -0.1) is 0 Å². The van der Waals surface area contributed by atoms with Gasteiger partial charge in [0.25, 0.3) is 0 Å². The molecule has 4 heteroatoms. The Kier molecular flexibility index (Phi) is 6.63. The third-order valence-electron chi connectivity index (χ3n) is 6.31. The summed E-state index contributed by atoms with van der Waals surface area (Å²) in [5.41, 5.74) is 3.83. The fraction of sp³-hybridized carbons (Fsp3) is 0.440. The van der Waals surface area contributed by atoms with Gasteiger partial charge >= 0.3 is 0 Å². The van der Waals surface area contributed by atoms with E-state index in [-0.39, 0.29) is 5.82 Å². The van der Waals surface area contributed by atoms with E-state index in [1.54, 1.807) is 0 Å². The van der Waals surface area contributed by atoms with E-state index in [0.717, 1.165) is 44.8 Å². The molecule has 2 aliphatic rings. The molecule has 0 saturated carbocycles. The maximum atomic E-state index is 13.0. The molecule has 2 heterocycles. The summed E-state index contributed by atoms with van der Waals surface area (Å²) >= 11 is 0. The highest BCUT2D eigenvalue weighted by atomic mass is 19.1. The lowest BCUT2D eigenvalue weighted by Crippen LogP contribution is -2.55. The van der Waals surface area contributed by atoms with Crippen LogP contribution in [0.3, 0.4) is 0 Å². The predicted molar refractivity (Wildman–Crippen MR) is 120 cm³/mol. The fourth-order valence-corrected chi connectivity index (χ4v) is 4.65. The van der Waals surface area contributed by atoms with E-state index in [0.29, 0.717) is 6.04 Å². The average Bonchev–Trinajstić information content (AvgIpc) is 2.76. The van der Waals surface area contributed by atoms with Gasteiger partial charge in [0.05, 0.1) is 0 Å². The summed E-state index contributed by atoms with van der Waals surface area (Å²) in [6.07, 6.45) is 6.89. The maximum Gasteiger partial charge on any atom is 0.123 e. The highest BCUT2D eigenvalue weighted by Gasteiger charge is 2.28. The van der Waals surface area contributed by atoms with Gasteiger partial charge in [-0.05, 0) is 55.6 Å². The van der Waals surface area contributed by atoms with E-state index in [2.05, 4.69) is 58.0 Å². The van der Waals surface area contributed by atoms with E-state index < -0.39 is 0 Å². The minimum absolute atomic E-state index is 0.177. The number of aryl methyl sites for hydroxylation is 1. The van der Waals surface area contributed by atoms with Crippen LogP contribution in [0.15, 0.2) is 54.6 Å². The molecule has 0 spiro atoms. The summed E-state index contributed by atoms with van der Waals surface area (Å²) in [5, 5.41) is 0. The highest BCUT2D eigenvalue weighted by molar-refractivity contribution is 5.53. The Balaban J connectivity index is 1.27. The van der Waals surface area contributed by atoms with Crippen molar-refractivity contribution in [2.24, 2.45) is 0 Å².